The molecule has 3 nitrogen and oxygen atoms in total. The van der Waals surface area contributed by atoms with Crippen molar-refractivity contribution in [3.63, 3.8) is 0 Å². The number of pyridine rings is 1. The maximum Gasteiger partial charge on any atom is 0.314 e. The number of unbranched alkanes of at least 4 members (excludes halogenated alkanes) is 6. The standard InChI is InChI=1S/C30H43NO2/c1-3-5-7-8-10-12-25-15-22-29(31-23-25)26-18-20-28(21-19-26)33-30(32)27-16-13-24(14-17-27)11-9-6-4-2/h15,18-24,27H,3-14,16-17H2,1-2H3. The maximum absolute atomic E-state index is 12.6. The largest absolute Gasteiger partial charge is 0.426 e. The highest BCUT2D eigenvalue weighted by atomic mass is 16.5. The van der Waals surface area contributed by atoms with E-state index < -0.39 is 0 Å². The van der Waals surface area contributed by atoms with Crippen LogP contribution in [0.25, 0.3) is 11.3 Å². The molecule has 180 valence electrons. The van der Waals surface area contributed by atoms with Crippen molar-refractivity contribution in [1.29, 1.82) is 0 Å². The summed E-state index contributed by atoms with van der Waals surface area (Å²) < 4.78 is 5.71. The lowest BCUT2D eigenvalue weighted by Gasteiger charge is -2.27. The summed E-state index contributed by atoms with van der Waals surface area (Å²) in [6, 6.07) is 12.1. The van der Waals surface area contributed by atoms with E-state index in [0.29, 0.717) is 5.75 Å². The van der Waals surface area contributed by atoms with Gasteiger partial charge in [0.2, 0.25) is 0 Å². The minimum absolute atomic E-state index is 0.0586. The third kappa shape index (κ3) is 8.61. The lowest BCUT2D eigenvalue weighted by molar-refractivity contribution is -0.140. The summed E-state index contributed by atoms with van der Waals surface area (Å²) in [4.78, 5) is 17.3. The smallest absolute Gasteiger partial charge is 0.314 e. The van der Waals surface area contributed by atoms with Crippen molar-refractivity contribution in [2.75, 3.05) is 0 Å². The van der Waals surface area contributed by atoms with E-state index >= 15 is 0 Å². The molecule has 0 spiro atoms. The van der Waals surface area contributed by atoms with E-state index in [1.165, 1.54) is 76.2 Å². The number of nitrogens with zero attached hydrogens (tertiary/aromatic N) is 1. The van der Waals surface area contributed by atoms with Crippen LogP contribution in [0.2, 0.25) is 0 Å². The van der Waals surface area contributed by atoms with Crippen LogP contribution < -0.4 is 4.74 Å². The van der Waals surface area contributed by atoms with Gasteiger partial charge in [-0.05, 0) is 80.3 Å². The number of ether oxygens (including phenoxy) is 1. The monoisotopic (exact) mass is 449 g/mol. The topological polar surface area (TPSA) is 39.2 Å². The van der Waals surface area contributed by atoms with Gasteiger partial charge in [-0.15, -0.1) is 0 Å². The quantitative estimate of drug-likeness (QED) is 0.175. The molecule has 0 atom stereocenters. The SMILES string of the molecule is CCCCCCCc1ccc(-c2ccc(OC(=O)C3CCC(CCCCC)CC3)cc2)nc1. The van der Waals surface area contributed by atoms with Gasteiger partial charge in [-0.2, -0.15) is 0 Å². The minimum atomic E-state index is -0.0591. The molecule has 1 saturated carbocycles. The summed E-state index contributed by atoms with van der Waals surface area (Å²) in [5, 5.41) is 0. The second kappa shape index (κ2) is 14.2. The van der Waals surface area contributed by atoms with Gasteiger partial charge in [-0.25, -0.2) is 0 Å². The molecule has 1 heterocycles. The number of hydrogen-bond acceptors (Lipinski definition) is 3. The van der Waals surface area contributed by atoms with Gasteiger partial charge in [0.05, 0.1) is 11.6 Å². The Morgan fingerprint density at radius 2 is 1.55 bits per heavy atom. The van der Waals surface area contributed by atoms with E-state index in [1.807, 2.05) is 30.5 Å². The molecule has 3 heteroatoms. The molecule has 2 aromatic rings. The molecule has 0 N–H and O–H groups in total. The van der Waals surface area contributed by atoms with Crippen LogP contribution in [0.1, 0.15) is 103 Å². The van der Waals surface area contributed by atoms with Gasteiger partial charge in [0.25, 0.3) is 0 Å². The number of carbonyl (C=O) groups excluding carboxylic acids is 1. The zero-order valence-electron chi connectivity index (χ0n) is 20.9. The molecule has 0 radical (unpaired) electrons. The average Bonchev–Trinajstić information content (AvgIpc) is 2.85. The number of rotatable bonds is 13. The van der Waals surface area contributed by atoms with Crippen LogP contribution in [0, 0.1) is 11.8 Å². The van der Waals surface area contributed by atoms with Crippen LogP contribution in [0.5, 0.6) is 5.75 Å². The number of aromatic nitrogens is 1. The first kappa shape index (κ1) is 25.5. The first-order valence-corrected chi connectivity index (χ1v) is 13.5. The van der Waals surface area contributed by atoms with Crippen LogP contribution in [0.4, 0.5) is 0 Å². The van der Waals surface area contributed by atoms with E-state index in [2.05, 4.69) is 31.0 Å². The molecule has 0 amide bonds. The molecular weight excluding hydrogens is 406 g/mol. The summed E-state index contributed by atoms with van der Waals surface area (Å²) in [5.41, 5.74) is 3.32. The summed E-state index contributed by atoms with van der Waals surface area (Å²) in [6.45, 7) is 4.50. The second-order valence-electron chi connectivity index (χ2n) is 9.87. The Hall–Kier alpha value is -2.16. The van der Waals surface area contributed by atoms with Crippen molar-refractivity contribution < 1.29 is 9.53 Å². The van der Waals surface area contributed by atoms with Crippen molar-refractivity contribution in [1.82, 2.24) is 4.98 Å². The lowest BCUT2D eigenvalue weighted by atomic mass is 9.80. The fourth-order valence-corrected chi connectivity index (χ4v) is 4.94. The van der Waals surface area contributed by atoms with Gasteiger partial charge >= 0.3 is 5.97 Å². The molecule has 1 fully saturated rings. The van der Waals surface area contributed by atoms with E-state index in [-0.39, 0.29) is 11.9 Å². The first-order chi connectivity index (χ1) is 16.2. The lowest BCUT2D eigenvalue weighted by Crippen LogP contribution is -2.25. The van der Waals surface area contributed by atoms with Crippen molar-refractivity contribution in [3.05, 3.63) is 48.2 Å². The first-order valence-electron chi connectivity index (χ1n) is 13.5. The molecule has 1 aromatic heterocycles. The Labute approximate surface area is 201 Å². The van der Waals surface area contributed by atoms with Crippen molar-refractivity contribution in [2.45, 2.75) is 104 Å². The van der Waals surface area contributed by atoms with Gasteiger partial charge in [0.1, 0.15) is 5.75 Å². The van der Waals surface area contributed by atoms with E-state index in [1.54, 1.807) is 0 Å². The molecule has 0 aliphatic heterocycles. The molecule has 0 bridgehead atoms. The molecular formula is C30H43NO2. The molecule has 1 aliphatic rings. The van der Waals surface area contributed by atoms with Gasteiger partial charge in [0, 0.05) is 11.8 Å². The Kier molecular flexibility index (Phi) is 10.9. The highest BCUT2D eigenvalue weighted by Gasteiger charge is 2.27. The van der Waals surface area contributed by atoms with E-state index in [9.17, 15) is 4.79 Å². The number of benzene rings is 1. The molecule has 1 aromatic carbocycles. The third-order valence-electron chi connectivity index (χ3n) is 7.16. The molecule has 0 saturated heterocycles. The van der Waals surface area contributed by atoms with Crippen LogP contribution in [-0.2, 0) is 11.2 Å². The summed E-state index contributed by atoms with van der Waals surface area (Å²) >= 11 is 0. The fourth-order valence-electron chi connectivity index (χ4n) is 4.94. The maximum atomic E-state index is 12.6. The van der Waals surface area contributed by atoms with Crippen molar-refractivity contribution in [2.24, 2.45) is 11.8 Å². The zero-order chi connectivity index (χ0) is 23.3. The summed E-state index contributed by atoms with van der Waals surface area (Å²) in [6.07, 6.45) is 19.2. The van der Waals surface area contributed by atoms with Gasteiger partial charge < -0.3 is 4.74 Å². The van der Waals surface area contributed by atoms with Crippen molar-refractivity contribution >= 4 is 5.97 Å². The molecule has 3 rings (SSSR count). The number of esters is 1. The zero-order valence-corrected chi connectivity index (χ0v) is 20.9. The summed E-state index contributed by atoms with van der Waals surface area (Å²) in [7, 11) is 0. The highest BCUT2D eigenvalue weighted by molar-refractivity contribution is 5.75. The molecule has 33 heavy (non-hydrogen) atoms. The molecule has 1 aliphatic carbocycles. The van der Waals surface area contributed by atoms with Crippen LogP contribution in [0.3, 0.4) is 0 Å². The number of hydrogen-bond donors (Lipinski definition) is 0. The molecule has 0 unspecified atom stereocenters. The summed E-state index contributed by atoms with van der Waals surface area (Å²) in [5.74, 6) is 1.44. The van der Waals surface area contributed by atoms with Gasteiger partial charge in [0.15, 0.2) is 0 Å². The number of aryl methyl sites for hydroxylation is 1. The Balaban J connectivity index is 1.43. The van der Waals surface area contributed by atoms with Crippen molar-refractivity contribution in [3.8, 4) is 17.0 Å². The van der Waals surface area contributed by atoms with Crippen LogP contribution in [-0.4, -0.2) is 11.0 Å². The minimum Gasteiger partial charge on any atom is -0.426 e. The highest BCUT2D eigenvalue weighted by Crippen LogP contribution is 2.33. The normalized spacial score (nSPS) is 18.2. The Morgan fingerprint density at radius 1 is 0.848 bits per heavy atom. The van der Waals surface area contributed by atoms with Gasteiger partial charge in [-0.3, -0.25) is 9.78 Å². The third-order valence-corrected chi connectivity index (χ3v) is 7.16. The van der Waals surface area contributed by atoms with Crippen LogP contribution >= 0.6 is 0 Å². The van der Waals surface area contributed by atoms with Crippen LogP contribution in [0.15, 0.2) is 42.6 Å². The second-order valence-corrected chi connectivity index (χ2v) is 9.87. The predicted molar refractivity (Wildman–Crippen MR) is 137 cm³/mol. The van der Waals surface area contributed by atoms with E-state index in [0.717, 1.165) is 36.4 Å². The van der Waals surface area contributed by atoms with E-state index in [4.69, 9.17) is 4.74 Å². The fraction of sp³-hybridized carbons (Fsp3) is 0.600. The average molecular weight is 450 g/mol. The Bertz CT molecular complexity index is 804. The van der Waals surface area contributed by atoms with Gasteiger partial charge in [-0.1, -0.05) is 71.3 Å². The Morgan fingerprint density at radius 3 is 2.21 bits per heavy atom. The predicted octanol–water partition coefficient (Wildman–Crippen LogP) is 8.55. The number of carbonyl (C=O) groups is 1.